The minimum atomic E-state index is -3.67. The number of carbonyl (C=O) groups excluding carboxylic acids is 2. The molecule has 0 spiro atoms. The molecule has 0 bridgehead atoms. The van der Waals surface area contributed by atoms with Gasteiger partial charge >= 0.3 is 0 Å². The van der Waals surface area contributed by atoms with Crippen LogP contribution in [-0.4, -0.2) is 38.0 Å². The van der Waals surface area contributed by atoms with Crippen LogP contribution in [0.2, 0.25) is 0 Å². The molecule has 0 aliphatic carbocycles. The Morgan fingerprint density at radius 2 is 1.83 bits per heavy atom. The molecule has 0 unspecified atom stereocenters. The maximum Gasteiger partial charge on any atom is 0.269 e. The van der Waals surface area contributed by atoms with Gasteiger partial charge in [-0.1, -0.05) is 0 Å². The maximum atomic E-state index is 11.6. The van der Waals surface area contributed by atoms with Crippen LogP contribution < -0.4 is 4.90 Å². The maximum absolute atomic E-state index is 11.6. The molecular formula is C13H16N2O7S. The monoisotopic (exact) mass is 344 g/mol. The van der Waals surface area contributed by atoms with Crippen LogP contribution in [0.4, 0.5) is 11.4 Å². The number of imide groups is 1. The van der Waals surface area contributed by atoms with Crippen molar-refractivity contribution in [2.45, 2.75) is 20.3 Å². The van der Waals surface area contributed by atoms with Crippen molar-refractivity contribution >= 4 is 33.3 Å². The summed E-state index contributed by atoms with van der Waals surface area (Å²) in [6.45, 7) is 2.09. The van der Waals surface area contributed by atoms with Gasteiger partial charge in [0.25, 0.3) is 15.8 Å². The van der Waals surface area contributed by atoms with Crippen LogP contribution in [0.1, 0.15) is 19.4 Å². The summed E-state index contributed by atoms with van der Waals surface area (Å²) >= 11 is 0. The molecule has 0 aliphatic rings. The number of rotatable bonds is 6. The molecule has 23 heavy (non-hydrogen) atoms. The van der Waals surface area contributed by atoms with E-state index < -0.39 is 26.9 Å². The highest BCUT2D eigenvalue weighted by Gasteiger charge is 2.22. The number of nitrogens with zero attached hydrogens (tertiary/aromatic N) is 2. The quantitative estimate of drug-likeness (QED) is 0.428. The van der Waals surface area contributed by atoms with Crippen molar-refractivity contribution in [3.8, 4) is 0 Å². The molecule has 10 heteroatoms. The molecule has 1 aromatic carbocycles. The second-order valence-electron chi connectivity index (χ2n) is 4.72. The van der Waals surface area contributed by atoms with E-state index in [9.17, 15) is 28.1 Å². The van der Waals surface area contributed by atoms with Crippen LogP contribution in [0.5, 0.6) is 0 Å². The van der Waals surface area contributed by atoms with Crippen molar-refractivity contribution in [1.82, 2.24) is 0 Å². The van der Waals surface area contributed by atoms with Crippen molar-refractivity contribution in [3.05, 3.63) is 33.9 Å². The van der Waals surface area contributed by atoms with Crippen LogP contribution in [-0.2, 0) is 30.3 Å². The fourth-order valence-corrected chi connectivity index (χ4v) is 2.35. The van der Waals surface area contributed by atoms with Gasteiger partial charge in [-0.15, -0.1) is 0 Å². The first kappa shape index (κ1) is 18.7. The largest absolute Gasteiger partial charge is 0.274 e. The van der Waals surface area contributed by atoms with E-state index in [2.05, 4.69) is 4.18 Å². The smallest absolute Gasteiger partial charge is 0.269 e. The van der Waals surface area contributed by atoms with Crippen LogP contribution in [0.3, 0.4) is 0 Å². The summed E-state index contributed by atoms with van der Waals surface area (Å²) in [4.78, 5) is 34.4. The molecule has 0 saturated heterocycles. The number of hydrogen-bond acceptors (Lipinski definition) is 7. The van der Waals surface area contributed by atoms with E-state index in [-0.39, 0.29) is 30.0 Å². The Hall–Kier alpha value is -2.33. The van der Waals surface area contributed by atoms with Gasteiger partial charge in [0.2, 0.25) is 11.8 Å². The van der Waals surface area contributed by atoms with Gasteiger partial charge in [0.05, 0.1) is 23.5 Å². The lowest BCUT2D eigenvalue weighted by Gasteiger charge is -2.20. The molecule has 0 N–H and O–H groups in total. The summed E-state index contributed by atoms with van der Waals surface area (Å²) in [5.74, 6) is -1.12. The first-order valence-electron chi connectivity index (χ1n) is 6.46. The van der Waals surface area contributed by atoms with Gasteiger partial charge in [-0.3, -0.25) is 28.8 Å². The van der Waals surface area contributed by atoms with Crippen molar-refractivity contribution in [2.75, 3.05) is 17.8 Å². The first-order chi connectivity index (χ1) is 10.5. The Balaban J connectivity index is 3.25. The predicted molar refractivity (Wildman–Crippen MR) is 81.4 cm³/mol. The third-order valence-corrected chi connectivity index (χ3v) is 3.41. The standard InChI is InChI=1S/C13H16N2O7S/c1-9(16)14(10(2)17)13-5-4-12(15(18)19)8-11(13)6-7-22-23(3,20)21/h4-5,8H,6-7H2,1-3H3. The second kappa shape index (κ2) is 7.29. The predicted octanol–water partition coefficient (Wildman–Crippen LogP) is 1.01. The average Bonchev–Trinajstić information content (AvgIpc) is 2.37. The fourth-order valence-electron chi connectivity index (χ4n) is 1.97. The summed E-state index contributed by atoms with van der Waals surface area (Å²) in [6, 6.07) is 3.62. The zero-order chi connectivity index (χ0) is 17.8. The highest BCUT2D eigenvalue weighted by Crippen LogP contribution is 2.26. The SMILES string of the molecule is CC(=O)N(C(C)=O)c1ccc([N+](=O)[O-])cc1CCOS(C)(=O)=O. The lowest BCUT2D eigenvalue weighted by Crippen LogP contribution is -2.34. The molecule has 0 heterocycles. The van der Waals surface area contributed by atoms with E-state index in [0.29, 0.717) is 0 Å². The van der Waals surface area contributed by atoms with E-state index in [1.54, 1.807) is 0 Å². The number of hydrogen-bond donors (Lipinski definition) is 0. The van der Waals surface area contributed by atoms with Gasteiger partial charge in [-0.25, -0.2) is 0 Å². The van der Waals surface area contributed by atoms with Crippen molar-refractivity contribution in [1.29, 1.82) is 0 Å². The zero-order valence-electron chi connectivity index (χ0n) is 12.8. The number of nitro groups is 1. The molecule has 126 valence electrons. The molecular weight excluding hydrogens is 328 g/mol. The molecule has 0 aromatic heterocycles. The third-order valence-electron chi connectivity index (χ3n) is 2.81. The number of benzene rings is 1. The second-order valence-corrected chi connectivity index (χ2v) is 6.36. The van der Waals surface area contributed by atoms with Crippen LogP contribution >= 0.6 is 0 Å². The van der Waals surface area contributed by atoms with E-state index >= 15 is 0 Å². The number of nitro benzene ring substituents is 1. The Morgan fingerprint density at radius 3 is 2.26 bits per heavy atom. The lowest BCUT2D eigenvalue weighted by molar-refractivity contribution is -0.384. The molecule has 0 fully saturated rings. The highest BCUT2D eigenvalue weighted by molar-refractivity contribution is 7.85. The van der Waals surface area contributed by atoms with Crippen molar-refractivity contribution in [3.63, 3.8) is 0 Å². The molecule has 0 radical (unpaired) electrons. The summed E-state index contributed by atoms with van der Waals surface area (Å²) in [6.07, 6.45) is 0.847. The molecule has 0 atom stereocenters. The molecule has 1 aromatic rings. The first-order valence-corrected chi connectivity index (χ1v) is 8.27. The number of non-ortho nitro benzene ring substituents is 1. The summed E-state index contributed by atoms with van der Waals surface area (Å²) in [7, 11) is -3.67. The third kappa shape index (κ3) is 5.42. The van der Waals surface area contributed by atoms with Gasteiger partial charge in [0.1, 0.15) is 0 Å². The van der Waals surface area contributed by atoms with E-state index in [4.69, 9.17) is 0 Å². The molecule has 2 amide bonds. The van der Waals surface area contributed by atoms with E-state index in [1.807, 2.05) is 0 Å². The van der Waals surface area contributed by atoms with E-state index in [0.717, 1.165) is 17.2 Å². The summed E-state index contributed by atoms with van der Waals surface area (Å²) in [5, 5.41) is 10.9. The normalized spacial score (nSPS) is 11.1. The van der Waals surface area contributed by atoms with Gasteiger partial charge in [-0.2, -0.15) is 8.42 Å². The Morgan fingerprint density at radius 1 is 1.26 bits per heavy atom. The van der Waals surface area contributed by atoms with Gasteiger partial charge in [-0.05, 0) is 18.1 Å². The van der Waals surface area contributed by atoms with Gasteiger partial charge in [0, 0.05) is 26.0 Å². The number of carbonyl (C=O) groups is 2. The van der Waals surface area contributed by atoms with Crippen molar-refractivity contribution < 1.29 is 27.1 Å². The Labute approximate surface area is 133 Å². The summed E-state index contributed by atoms with van der Waals surface area (Å²) in [5.41, 5.74) is 0.177. The van der Waals surface area contributed by atoms with Crippen LogP contribution in [0.15, 0.2) is 18.2 Å². The highest BCUT2D eigenvalue weighted by atomic mass is 32.2. The van der Waals surface area contributed by atoms with Gasteiger partial charge in [0.15, 0.2) is 0 Å². The molecule has 0 aliphatic heterocycles. The van der Waals surface area contributed by atoms with E-state index in [1.165, 1.54) is 26.0 Å². The zero-order valence-corrected chi connectivity index (χ0v) is 13.6. The molecule has 1 rings (SSSR count). The van der Waals surface area contributed by atoms with Crippen molar-refractivity contribution in [2.24, 2.45) is 0 Å². The number of anilines is 1. The number of amides is 2. The minimum absolute atomic E-state index is 0.0266. The Kier molecular flexibility index (Phi) is 5.93. The topological polar surface area (TPSA) is 124 Å². The lowest BCUT2D eigenvalue weighted by atomic mass is 10.1. The minimum Gasteiger partial charge on any atom is -0.274 e. The Bertz CT molecular complexity index is 729. The van der Waals surface area contributed by atoms with Gasteiger partial charge < -0.3 is 0 Å². The van der Waals surface area contributed by atoms with Crippen LogP contribution in [0.25, 0.3) is 0 Å². The van der Waals surface area contributed by atoms with Crippen LogP contribution in [0, 0.1) is 10.1 Å². The molecule has 0 saturated carbocycles. The average molecular weight is 344 g/mol. The molecule has 9 nitrogen and oxygen atoms in total. The summed E-state index contributed by atoms with van der Waals surface area (Å²) < 4.78 is 26.6. The fraction of sp³-hybridized carbons (Fsp3) is 0.385.